The van der Waals surface area contributed by atoms with Crippen molar-refractivity contribution in [1.82, 2.24) is 10.2 Å². The summed E-state index contributed by atoms with van der Waals surface area (Å²) in [4.78, 5) is 13.7. The largest absolute Gasteiger partial charge is 0.344 e. The van der Waals surface area contributed by atoms with Gasteiger partial charge in [-0.1, -0.05) is 17.7 Å². The quantitative estimate of drug-likeness (QED) is 0.920. The number of rotatable bonds is 4. The molecule has 1 aliphatic rings. The van der Waals surface area contributed by atoms with Gasteiger partial charge < -0.3 is 10.2 Å². The molecule has 5 heteroatoms. The molecule has 104 valence electrons. The second-order valence-corrected chi connectivity index (χ2v) is 5.35. The fraction of sp³-hybridized carbons (Fsp3) is 0.500. The number of benzene rings is 1. The molecule has 1 heterocycles. The van der Waals surface area contributed by atoms with E-state index in [9.17, 15) is 9.18 Å². The van der Waals surface area contributed by atoms with Crippen LogP contribution in [0.15, 0.2) is 18.2 Å². The molecule has 1 unspecified atom stereocenters. The molecule has 2 rings (SSSR count). The standard InChI is InChI=1S/C14H18ClFN2O/c1-18(9-10-4-3-7-17-10)14(19)8-11-12(15)5-2-6-13(11)16/h2,5-6,10,17H,3-4,7-9H2,1H3. The summed E-state index contributed by atoms with van der Waals surface area (Å²) in [5.74, 6) is -0.533. The molecule has 0 bridgehead atoms. The Bertz CT molecular complexity index is 441. The third-order valence-corrected chi connectivity index (χ3v) is 3.83. The van der Waals surface area contributed by atoms with Crippen LogP contribution in [0.1, 0.15) is 18.4 Å². The highest BCUT2D eigenvalue weighted by Crippen LogP contribution is 2.20. The molecular weight excluding hydrogens is 267 g/mol. The Morgan fingerprint density at radius 3 is 3.00 bits per heavy atom. The van der Waals surface area contributed by atoms with E-state index in [1.54, 1.807) is 18.0 Å². The summed E-state index contributed by atoms with van der Waals surface area (Å²) in [5.41, 5.74) is 0.278. The lowest BCUT2D eigenvalue weighted by Gasteiger charge is -2.21. The lowest BCUT2D eigenvalue weighted by atomic mass is 10.1. The molecule has 3 nitrogen and oxygen atoms in total. The highest BCUT2D eigenvalue weighted by Gasteiger charge is 2.20. The fourth-order valence-corrected chi connectivity index (χ4v) is 2.56. The van der Waals surface area contributed by atoms with Gasteiger partial charge in [0, 0.05) is 30.2 Å². The number of carbonyl (C=O) groups is 1. The lowest BCUT2D eigenvalue weighted by molar-refractivity contribution is -0.129. The number of amides is 1. The van der Waals surface area contributed by atoms with Crippen molar-refractivity contribution in [2.24, 2.45) is 0 Å². The van der Waals surface area contributed by atoms with E-state index < -0.39 is 5.82 Å². The zero-order valence-corrected chi connectivity index (χ0v) is 11.7. The van der Waals surface area contributed by atoms with E-state index in [0.717, 1.165) is 19.4 Å². The minimum Gasteiger partial charge on any atom is -0.344 e. The van der Waals surface area contributed by atoms with E-state index >= 15 is 0 Å². The number of likely N-dealkylation sites (N-methyl/N-ethyl adjacent to an activating group) is 1. The summed E-state index contributed by atoms with van der Waals surface area (Å²) in [6.07, 6.45) is 2.23. The van der Waals surface area contributed by atoms with E-state index in [-0.39, 0.29) is 17.9 Å². The van der Waals surface area contributed by atoms with E-state index in [2.05, 4.69) is 5.32 Å². The van der Waals surface area contributed by atoms with Gasteiger partial charge >= 0.3 is 0 Å². The van der Waals surface area contributed by atoms with E-state index in [1.165, 1.54) is 12.1 Å². The van der Waals surface area contributed by atoms with Crippen LogP contribution in [0.3, 0.4) is 0 Å². The first-order chi connectivity index (χ1) is 9.08. The third kappa shape index (κ3) is 3.67. The second kappa shape index (κ2) is 6.35. The van der Waals surface area contributed by atoms with Gasteiger partial charge in [0.15, 0.2) is 0 Å². The zero-order valence-electron chi connectivity index (χ0n) is 11.0. The molecule has 0 radical (unpaired) electrons. The van der Waals surface area contributed by atoms with Gasteiger partial charge in [-0.25, -0.2) is 4.39 Å². The molecule has 1 amide bonds. The molecule has 1 fully saturated rings. The van der Waals surface area contributed by atoms with Crippen LogP contribution in [-0.2, 0) is 11.2 Å². The Morgan fingerprint density at radius 1 is 1.58 bits per heavy atom. The van der Waals surface area contributed by atoms with E-state index in [4.69, 9.17) is 11.6 Å². The average molecular weight is 285 g/mol. The third-order valence-electron chi connectivity index (χ3n) is 3.47. The predicted molar refractivity (Wildman–Crippen MR) is 73.8 cm³/mol. The van der Waals surface area contributed by atoms with Crippen LogP contribution < -0.4 is 5.32 Å². The Hall–Kier alpha value is -1.13. The Balaban J connectivity index is 1.96. The number of nitrogens with zero attached hydrogens (tertiary/aromatic N) is 1. The van der Waals surface area contributed by atoms with Crippen molar-refractivity contribution in [3.8, 4) is 0 Å². The summed E-state index contributed by atoms with van der Waals surface area (Å²) in [7, 11) is 1.75. The zero-order chi connectivity index (χ0) is 13.8. The molecule has 0 aromatic heterocycles. The molecule has 1 atom stereocenters. The molecule has 0 saturated carbocycles. The maximum absolute atomic E-state index is 13.6. The summed E-state index contributed by atoms with van der Waals surface area (Å²) in [6.45, 7) is 1.66. The van der Waals surface area contributed by atoms with Crippen LogP contribution >= 0.6 is 11.6 Å². The maximum atomic E-state index is 13.6. The highest BCUT2D eigenvalue weighted by atomic mass is 35.5. The molecule has 0 spiro atoms. The SMILES string of the molecule is CN(CC1CCCN1)C(=O)Cc1c(F)cccc1Cl. The van der Waals surface area contributed by atoms with Crippen molar-refractivity contribution in [3.63, 3.8) is 0 Å². The second-order valence-electron chi connectivity index (χ2n) is 4.94. The van der Waals surface area contributed by atoms with Crippen molar-refractivity contribution in [2.45, 2.75) is 25.3 Å². The molecule has 1 saturated heterocycles. The van der Waals surface area contributed by atoms with Gasteiger partial charge in [0.2, 0.25) is 5.91 Å². The number of hydrogen-bond donors (Lipinski definition) is 1. The molecular formula is C14H18ClFN2O. The van der Waals surface area contributed by atoms with E-state index in [0.29, 0.717) is 17.6 Å². The molecule has 0 aliphatic carbocycles. The lowest BCUT2D eigenvalue weighted by Crippen LogP contribution is -2.39. The van der Waals surface area contributed by atoms with Crippen molar-refractivity contribution in [1.29, 1.82) is 0 Å². The first kappa shape index (κ1) is 14.3. The summed E-state index contributed by atoms with van der Waals surface area (Å²) >= 11 is 5.93. The van der Waals surface area contributed by atoms with Gasteiger partial charge in [-0.3, -0.25) is 4.79 Å². The summed E-state index contributed by atoms with van der Waals surface area (Å²) in [6, 6.07) is 4.82. The summed E-state index contributed by atoms with van der Waals surface area (Å²) < 4.78 is 13.6. The van der Waals surface area contributed by atoms with Crippen LogP contribution in [0.2, 0.25) is 5.02 Å². The van der Waals surface area contributed by atoms with E-state index in [1.807, 2.05) is 0 Å². The monoisotopic (exact) mass is 284 g/mol. The number of hydrogen-bond acceptors (Lipinski definition) is 2. The fourth-order valence-electron chi connectivity index (χ4n) is 2.33. The van der Waals surface area contributed by atoms with Gasteiger partial charge in [0.25, 0.3) is 0 Å². The van der Waals surface area contributed by atoms with Crippen LogP contribution in [0.4, 0.5) is 4.39 Å². The topological polar surface area (TPSA) is 32.3 Å². The Labute approximate surface area is 117 Å². The molecule has 1 aromatic rings. The van der Waals surface area contributed by atoms with Crippen molar-refractivity contribution in [2.75, 3.05) is 20.1 Å². The molecule has 1 N–H and O–H groups in total. The average Bonchev–Trinajstić information content (AvgIpc) is 2.86. The van der Waals surface area contributed by atoms with Crippen molar-refractivity contribution in [3.05, 3.63) is 34.6 Å². The summed E-state index contributed by atoms with van der Waals surface area (Å²) in [5, 5.41) is 3.64. The smallest absolute Gasteiger partial charge is 0.226 e. The van der Waals surface area contributed by atoms with Crippen LogP contribution in [0, 0.1) is 5.82 Å². The minimum absolute atomic E-state index is 0.00866. The van der Waals surface area contributed by atoms with Gasteiger partial charge in [-0.05, 0) is 31.5 Å². The molecule has 19 heavy (non-hydrogen) atoms. The molecule has 1 aromatic carbocycles. The van der Waals surface area contributed by atoms with Gasteiger partial charge in [-0.2, -0.15) is 0 Å². The first-order valence-corrected chi connectivity index (χ1v) is 6.86. The van der Waals surface area contributed by atoms with Crippen molar-refractivity contribution < 1.29 is 9.18 Å². The Kier molecular flexibility index (Phi) is 4.77. The van der Waals surface area contributed by atoms with Crippen molar-refractivity contribution >= 4 is 17.5 Å². The predicted octanol–water partition coefficient (Wildman–Crippen LogP) is 2.23. The van der Waals surface area contributed by atoms with Crippen LogP contribution in [-0.4, -0.2) is 37.0 Å². The minimum atomic E-state index is -0.423. The van der Waals surface area contributed by atoms with Crippen LogP contribution in [0.5, 0.6) is 0 Å². The first-order valence-electron chi connectivity index (χ1n) is 6.48. The maximum Gasteiger partial charge on any atom is 0.226 e. The van der Waals surface area contributed by atoms with Gasteiger partial charge in [0.1, 0.15) is 5.82 Å². The highest BCUT2D eigenvalue weighted by molar-refractivity contribution is 6.31. The molecule has 1 aliphatic heterocycles. The normalized spacial score (nSPS) is 18.6. The van der Waals surface area contributed by atoms with Gasteiger partial charge in [-0.15, -0.1) is 0 Å². The Morgan fingerprint density at radius 2 is 2.37 bits per heavy atom. The van der Waals surface area contributed by atoms with Crippen LogP contribution in [0.25, 0.3) is 0 Å². The number of carbonyl (C=O) groups excluding carboxylic acids is 1. The number of halogens is 2. The number of nitrogens with one attached hydrogen (secondary N) is 1. The van der Waals surface area contributed by atoms with Gasteiger partial charge in [0.05, 0.1) is 6.42 Å².